The lowest BCUT2D eigenvalue weighted by atomic mass is 9.92. The first-order chi connectivity index (χ1) is 6.78. The molecule has 2 nitrogen and oxygen atoms in total. The second-order valence-corrected chi connectivity index (χ2v) is 4.44. The van der Waals surface area contributed by atoms with Crippen LogP contribution in [0, 0.1) is 5.92 Å². The molecule has 0 saturated heterocycles. The maximum atomic E-state index is 5.93. The summed E-state index contributed by atoms with van der Waals surface area (Å²) in [4.78, 5) is 2.64. The molecule has 0 aromatic heterocycles. The van der Waals surface area contributed by atoms with Gasteiger partial charge in [-0.15, -0.1) is 0 Å². The summed E-state index contributed by atoms with van der Waals surface area (Å²) in [7, 11) is 0. The maximum Gasteiger partial charge on any atom is 0.0249 e. The minimum absolute atomic E-state index is 0.627. The number of likely N-dealkylation sites (N-methyl/N-ethyl adjacent to an activating group) is 1. The van der Waals surface area contributed by atoms with Crippen molar-refractivity contribution in [2.45, 2.75) is 58.5 Å². The SMILES string of the molecule is CCC(CC)C(CN)N(CC)C1CC1. The van der Waals surface area contributed by atoms with Gasteiger partial charge in [-0.25, -0.2) is 0 Å². The van der Waals surface area contributed by atoms with E-state index in [4.69, 9.17) is 5.73 Å². The second-order valence-electron chi connectivity index (χ2n) is 4.44. The Morgan fingerprint density at radius 1 is 1.21 bits per heavy atom. The first-order valence-corrected chi connectivity index (χ1v) is 6.24. The maximum absolute atomic E-state index is 5.93. The van der Waals surface area contributed by atoms with Crippen molar-refractivity contribution in [1.29, 1.82) is 0 Å². The van der Waals surface area contributed by atoms with Crippen LogP contribution in [0.2, 0.25) is 0 Å². The van der Waals surface area contributed by atoms with E-state index in [1.165, 1.54) is 32.2 Å². The van der Waals surface area contributed by atoms with Crippen LogP contribution in [-0.2, 0) is 0 Å². The minimum Gasteiger partial charge on any atom is -0.329 e. The van der Waals surface area contributed by atoms with Crippen molar-refractivity contribution in [2.75, 3.05) is 13.1 Å². The average Bonchev–Trinajstić information content (AvgIpc) is 3.02. The summed E-state index contributed by atoms with van der Waals surface area (Å²) in [6.45, 7) is 8.85. The summed E-state index contributed by atoms with van der Waals surface area (Å²) in [5, 5.41) is 0. The van der Waals surface area contributed by atoms with Crippen molar-refractivity contribution in [1.82, 2.24) is 4.90 Å². The molecule has 0 bridgehead atoms. The van der Waals surface area contributed by atoms with Gasteiger partial charge >= 0.3 is 0 Å². The highest BCUT2D eigenvalue weighted by Crippen LogP contribution is 2.31. The lowest BCUT2D eigenvalue weighted by Gasteiger charge is -2.35. The van der Waals surface area contributed by atoms with Crippen LogP contribution in [0.15, 0.2) is 0 Å². The third-order valence-corrected chi connectivity index (χ3v) is 3.64. The molecule has 0 heterocycles. The Hall–Kier alpha value is -0.0800. The van der Waals surface area contributed by atoms with Crippen molar-refractivity contribution in [2.24, 2.45) is 11.7 Å². The Labute approximate surface area is 88.8 Å². The second kappa shape index (κ2) is 5.72. The van der Waals surface area contributed by atoms with Crippen molar-refractivity contribution < 1.29 is 0 Å². The monoisotopic (exact) mass is 198 g/mol. The summed E-state index contributed by atoms with van der Waals surface area (Å²) in [6, 6.07) is 1.48. The van der Waals surface area contributed by atoms with Gasteiger partial charge in [-0.2, -0.15) is 0 Å². The standard InChI is InChI=1S/C12H26N2/c1-4-10(5-2)12(9-13)14(6-3)11-7-8-11/h10-12H,4-9,13H2,1-3H3. The largest absolute Gasteiger partial charge is 0.329 e. The number of hydrogen-bond donors (Lipinski definition) is 1. The fraction of sp³-hybridized carbons (Fsp3) is 1.00. The number of hydrogen-bond acceptors (Lipinski definition) is 2. The third kappa shape index (κ3) is 2.71. The van der Waals surface area contributed by atoms with E-state index in [-0.39, 0.29) is 0 Å². The Morgan fingerprint density at radius 2 is 1.79 bits per heavy atom. The zero-order valence-electron chi connectivity index (χ0n) is 10.00. The number of rotatable bonds is 7. The van der Waals surface area contributed by atoms with Crippen LogP contribution >= 0.6 is 0 Å². The van der Waals surface area contributed by atoms with Gasteiger partial charge < -0.3 is 5.73 Å². The molecule has 0 spiro atoms. The number of nitrogens with zero attached hydrogens (tertiary/aromatic N) is 1. The Morgan fingerprint density at radius 3 is 2.07 bits per heavy atom. The van der Waals surface area contributed by atoms with Gasteiger partial charge in [-0.1, -0.05) is 33.6 Å². The van der Waals surface area contributed by atoms with Crippen LogP contribution < -0.4 is 5.73 Å². The topological polar surface area (TPSA) is 29.3 Å². The van der Waals surface area contributed by atoms with Gasteiger partial charge in [0.25, 0.3) is 0 Å². The van der Waals surface area contributed by atoms with Crippen LogP contribution in [0.4, 0.5) is 0 Å². The van der Waals surface area contributed by atoms with Gasteiger partial charge in [0.05, 0.1) is 0 Å². The zero-order valence-corrected chi connectivity index (χ0v) is 10.00. The minimum atomic E-state index is 0.627. The summed E-state index contributed by atoms with van der Waals surface area (Å²) in [5.41, 5.74) is 5.93. The van der Waals surface area contributed by atoms with E-state index in [0.29, 0.717) is 6.04 Å². The zero-order chi connectivity index (χ0) is 10.6. The first-order valence-electron chi connectivity index (χ1n) is 6.24. The third-order valence-electron chi connectivity index (χ3n) is 3.64. The average molecular weight is 198 g/mol. The van der Waals surface area contributed by atoms with Gasteiger partial charge in [0.2, 0.25) is 0 Å². The lowest BCUT2D eigenvalue weighted by Crippen LogP contribution is -2.46. The van der Waals surface area contributed by atoms with Gasteiger partial charge in [-0.3, -0.25) is 4.90 Å². The summed E-state index contributed by atoms with van der Waals surface area (Å²) in [5.74, 6) is 0.792. The van der Waals surface area contributed by atoms with Crippen LogP contribution in [0.3, 0.4) is 0 Å². The fourth-order valence-electron chi connectivity index (χ4n) is 2.60. The smallest absolute Gasteiger partial charge is 0.0249 e. The van der Waals surface area contributed by atoms with Gasteiger partial charge in [0.15, 0.2) is 0 Å². The van der Waals surface area contributed by atoms with Crippen LogP contribution in [0.1, 0.15) is 46.5 Å². The predicted octanol–water partition coefficient (Wildman–Crippen LogP) is 2.23. The van der Waals surface area contributed by atoms with E-state index in [0.717, 1.165) is 18.5 Å². The van der Waals surface area contributed by atoms with E-state index in [2.05, 4.69) is 25.7 Å². The molecule has 14 heavy (non-hydrogen) atoms. The molecular formula is C12H26N2. The van der Waals surface area contributed by atoms with E-state index < -0.39 is 0 Å². The van der Waals surface area contributed by atoms with Crippen LogP contribution in [0.25, 0.3) is 0 Å². The van der Waals surface area contributed by atoms with Crippen molar-refractivity contribution in [3.05, 3.63) is 0 Å². The molecule has 2 N–H and O–H groups in total. The van der Waals surface area contributed by atoms with E-state index in [9.17, 15) is 0 Å². The lowest BCUT2D eigenvalue weighted by molar-refractivity contribution is 0.138. The van der Waals surface area contributed by atoms with E-state index in [1.807, 2.05) is 0 Å². The van der Waals surface area contributed by atoms with Gasteiger partial charge in [-0.05, 0) is 25.3 Å². The van der Waals surface area contributed by atoms with Crippen LogP contribution in [-0.4, -0.2) is 30.1 Å². The number of nitrogens with two attached hydrogens (primary N) is 1. The molecule has 0 aromatic rings. The highest BCUT2D eigenvalue weighted by atomic mass is 15.2. The fourth-order valence-corrected chi connectivity index (χ4v) is 2.60. The molecule has 1 atom stereocenters. The molecule has 1 rings (SSSR count). The molecule has 1 saturated carbocycles. The highest BCUT2D eigenvalue weighted by Gasteiger charge is 2.34. The molecule has 0 radical (unpaired) electrons. The Bertz CT molecular complexity index is 150. The quantitative estimate of drug-likeness (QED) is 0.680. The van der Waals surface area contributed by atoms with Gasteiger partial charge in [0.1, 0.15) is 0 Å². The molecule has 0 aromatic carbocycles. The molecule has 1 aliphatic carbocycles. The predicted molar refractivity (Wildman–Crippen MR) is 62.3 cm³/mol. The van der Waals surface area contributed by atoms with Crippen molar-refractivity contribution in [3.63, 3.8) is 0 Å². The van der Waals surface area contributed by atoms with Crippen molar-refractivity contribution in [3.8, 4) is 0 Å². The molecule has 1 unspecified atom stereocenters. The van der Waals surface area contributed by atoms with Crippen LogP contribution in [0.5, 0.6) is 0 Å². The normalized spacial score (nSPS) is 19.3. The van der Waals surface area contributed by atoms with E-state index >= 15 is 0 Å². The highest BCUT2D eigenvalue weighted by molar-refractivity contribution is 4.90. The molecule has 1 aliphatic rings. The summed E-state index contributed by atoms with van der Waals surface area (Å²) < 4.78 is 0. The molecule has 2 heteroatoms. The van der Waals surface area contributed by atoms with E-state index in [1.54, 1.807) is 0 Å². The molecule has 1 fully saturated rings. The Kier molecular flexibility index (Phi) is 4.90. The van der Waals surface area contributed by atoms with Crippen molar-refractivity contribution >= 4 is 0 Å². The molecule has 84 valence electrons. The first kappa shape index (κ1) is 12.0. The Balaban J connectivity index is 2.56. The van der Waals surface area contributed by atoms with Gasteiger partial charge in [0, 0.05) is 18.6 Å². The summed E-state index contributed by atoms with van der Waals surface area (Å²) in [6.07, 6.45) is 5.32. The molecule has 0 amide bonds. The molecular weight excluding hydrogens is 172 g/mol. The summed E-state index contributed by atoms with van der Waals surface area (Å²) >= 11 is 0. The molecule has 0 aliphatic heterocycles.